The van der Waals surface area contributed by atoms with E-state index in [0.717, 1.165) is 6.42 Å². The van der Waals surface area contributed by atoms with Gasteiger partial charge in [0.05, 0.1) is 6.04 Å². The Balaban J connectivity index is 2.23. The van der Waals surface area contributed by atoms with Gasteiger partial charge in [0, 0.05) is 19.4 Å². The fraction of sp³-hybridized carbons (Fsp3) is 0.750. The van der Waals surface area contributed by atoms with E-state index in [-0.39, 0.29) is 17.9 Å². The number of carbonyl (C=O) groups is 2. The highest BCUT2D eigenvalue weighted by Gasteiger charge is 2.22. The van der Waals surface area contributed by atoms with Crippen molar-refractivity contribution in [2.24, 2.45) is 0 Å². The Morgan fingerprint density at radius 1 is 1.75 bits per heavy atom. The van der Waals surface area contributed by atoms with Crippen LogP contribution in [0.1, 0.15) is 26.2 Å². The molecule has 1 saturated heterocycles. The average molecular weight is 170 g/mol. The fourth-order valence-electron chi connectivity index (χ4n) is 1.23. The van der Waals surface area contributed by atoms with E-state index in [2.05, 4.69) is 10.6 Å². The molecule has 0 aliphatic carbocycles. The normalized spacial score (nSPS) is 22.1. The number of hydrogen-bond acceptors (Lipinski definition) is 2. The van der Waals surface area contributed by atoms with Crippen molar-refractivity contribution in [2.75, 3.05) is 6.54 Å². The van der Waals surface area contributed by atoms with Gasteiger partial charge in [-0.25, -0.2) is 0 Å². The molecule has 0 bridgehead atoms. The van der Waals surface area contributed by atoms with Gasteiger partial charge in [0.1, 0.15) is 0 Å². The first-order chi connectivity index (χ1) is 5.72. The number of hydrogen-bond donors (Lipinski definition) is 2. The van der Waals surface area contributed by atoms with Gasteiger partial charge in [-0.1, -0.05) is 6.92 Å². The number of amides is 2. The lowest BCUT2D eigenvalue weighted by Crippen LogP contribution is -2.35. The second-order valence-corrected chi connectivity index (χ2v) is 3.02. The summed E-state index contributed by atoms with van der Waals surface area (Å²) in [6.45, 7) is 2.53. The van der Waals surface area contributed by atoms with Gasteiger partial charge in [-0.2, -0.15) is 0 Å². The van der Waals surface area contributed by atoms with Gasteiger partial charge in [-0.15, -0.1) is 0 Å². The van der Waals surface area contributed by atoms with Crippen LogP contribution in [0.5, 0.6) is 0 Å². The highest BCUT2D eigenvalue weighted by atomic mass is 16.2. The topological polar surface area (TPSA) is 58.2 Å². The molecule has 2 amide bonds. The molecule has 0 saturated carbocycles. The molecule has 68 valence electrons. The zero-order valence-electron chi connectivity index (χ0n) is 7.22. The van der Waals surface area contributed by atoms with Crippen LogP contribution in [0, 0.1) is 0 Å². The Morgan fingerprint density at radius 2 is 2.50 bits per heavy atom. The van der Waals surface area contributed by atoms with Gasteiger partial charge in [0.15, 0.2) is 0 Å². The molecule has 1 atom stereocenters. The summed E-state index contributed by atoms with van der Waals surface area (Å²) in [5.74, 6) is 0.0656. The summed E-state index contributed by atoms with van der Waals surface area (Å²) in [4.78, 5) is 21.8. The average Bonchev–Trinajstić information content (AvgIpc) is 2.36. The molecular formula is C8H14N2O2. The van der Waals surface area contributed by atoms with E-state index in [1.54, 1.807) is 0 Å². The summed E-state index contributed by atoms with van der Waals surface area (Å²) in [5, 5.41) is 5.45. The Bertz CT molecular complexity index is 191. The molecule has 0 aromatic carbocycles. The van der Waals surface area contributed by atoms with Crippen molar-refractivity contribution in [3.05, 3.63) is 0 Å². The maximum atomic E-state index is 11.1. The minimum atomic E-state index is 0.0107. The van der Waals surface area contributed by atoms with E-state index in [1.165, 1.54) is 0 Å². The van der Waals surface area contributed by atoms with Crippen LogP contribution in [0.4, 0.5) is 0 Å². The van der Waals surface area contributed by atoms with Crippen molar-refractivity contribution in [1.82, 2.24) is 10.6 Å². The quantitative estimate of drug-likeness (QED) is 0.615. The molecule has 1 heterocycles. The molecule has 2 N–H and O–H groups in total. The number of carbonyl (C=O) groups excluding carboxylic acids is 2. The Labute approximate surface area is 71.7 Å². The predicted octanol–water partition coefficient (Wildman–Crippen LogP) is -0.209. The largest absolute Gasteiger partial charge is 0.354 e. The Kier molecular flexibility index (Phi) is 3.08. The second-order valence-electron chi connectivity index (χ2n) is 3.02. The van der Waals surface area contributed by atoms with Crippen LogP contribution in [-0.2, 0) is 9.59 Å². The van der Waals surface area contributed by atoms with Gasteiger partial charge in [-0.3, -0.25) is 9.59 Å². The lowest BCUT2D eigenvalue weighted by molar-refractivity contribution is -0.121. The molecular weight excluding hydrogens is 156 g/mol. The summed E-state index contributed by atoms with van der Waals surface area (Å²) in [6, 6.07) is 0.0107. The summed E-state index contributed by atoms with van der Waals surface area (Å²) >= 11 is 0. The van der Waals surface area contributed by atoms with Crippen molar-refractivity contribution >= 4 is 11.8 Å². The SMILES string of the molecule is CCCC(=O)NC1CNC(=O)C1. The maximum absolute atomic E-state index is 11.1. The maximum Gasteiger partial charge on any atom is 0.222 e. The molecule has 0 aromatic rings. The molecule has 1 aliphatic rings. The minimum absolute atomic E-state index is 0.0107. The van der Waals surface area contributed by atoms with Crippen LogP contribution in [0.25, 0.3) is 0 Å². The number of rotatable bonds is 3. The van der Waals surface area contributed by atoms with Crippen LogP contribution in [0.3, 0.4) is 0 Å². The van der Waals surface area contributed by atoms with E-state index in [1.807, 2.05) is 6.92 Å². The first-order valence-corrected chi connectivity index (χ1v) is 4.28. The Hall–Kier alpha value is -1.06. The highest BCUT2D eigenvalue weighted by molar-refractivity contribution is 5.81. The van der Waals surface area contributed by atoms with Crippen LogP contribution in [-0.4, -0.2) is 24.4 Å². The smallest absolute Gasteiger partial charge is 0.222 e. The van der Waals surface area contributed by atoms with Gasteiger partial charge < -0.3 is 10.6 Å². The van der Waals surface area contributed by atoms with Crippen LogP contribution in [0.2, 0.25) is 0 Å². The van der Waals surface area contributed by atoms with E-state index in [4.69, 9.17) is 0 Å². The van der Waals surface area contributed by atoms with Gasteiger partial charge in [0.2, 0.25) is 11.8 Å². The molecule has 0 spiro atoms. The monoisotopic (exact) mass is 170 g/mol. The van der Waals surface area contributed by atoms with Crippen molar-refractivity contribution in [3.8, 4) is 0 Å². The van der Waals surface area contributed by atoms with Crippen molar-refractivity contribution in [2.45, 2.75) is 32.2 Å². The number of nitrogens with one attached hydrogen (secondary N) is 2. The lowest BCUT2D eigenvalue weighted by Gasteiger charge is -2.08. The first kappa shape index (κ1) is 9.03. The fourth-order valence-corrected chi connectivity index (χ4v) is 1.23. The molecule has 1 aliphatic heterocycles. The van der Waals surface area contributed by atoms with E-state index >= 15 is 0 Å². The van der Waals surface area contributed by atoms with Crippen molar-refractivity contribution in [1.29, 1.82) is 0 Å². The predicted molar refractivity (Wildman–Crippen MR) is 44.5 cm³/mol. The lowest BCUT2D eigenvalue weighted by atomic mass is 10.2. The van der Waals surface area contributed by atoms with E-state index in [0.29, 0.717) is 19.4 Å². The molecule has 0 aromatic heterocycles. The van der Waals surface area contributed by atoms with Gasteiger partial charge >= 0.3 is 0 Å². The molecule has 1 rings (SSSR count). The third-order valence-electron chi connectivity index (χ3n) is 1.82. The highest BCUT2D eigenvalue weighted by Crippen LogP contribution is 1.99. The molecule has 4 nitrogen and oxygen atoms in total. The Morgan fingerprint density at radius 3 is 3.00 bits per heavy atom. The van der Waals surface area contributed by atoms with E-state index < -0.39 is 0 Å². The molecule has 0 radical (unpaired) electrons. The molecule has 1 unspecified atom stereocenters. The summed E-state index contributed by atoms with van der Waals surface area (Å²) in [5.41, 5.74) is 0. The van der Waals surface area contributed by atoms with Crippen LogP contribution >= 0.6 is 0 Å². The molecule has 12 heavy (non-hydrogen) atoms. The summed E-state index contributed by atoms with van der Waals surface area (Å²) in [6.07, 6.45) is 1.82. The van der Waals surface area contributed by atoms with Gasteiger partial charge in [0.25, 0.3) is 0 Å². The molecule has 1 fully saturated rings. The molecule has 4 heteroatoms. The van der Waals surface area contributed by atoms with Crippen LogP contribution < -0.4 is 10.6 Å². The third-order valence-corrected chi connectivity index (χ3v) is 1.82. The van der Waals surface area contributed by atoms with E-state index in [9.17, 15) is 9.59 Å². The standard InChI is InChI=1S/C8H14N2O2/c1-2-3-7(11)10-6-4-8(12)9-5-6/h6H,2-5H2,1H3,(H,9,12)(H,10,11). The third kappa shape index (κ3) is 2.53. The second kappa shape index (κ2) is 4.09. The minimum Gasteiger partial charge on any atom is -0.354 e. The zero-order chi connectivity index (χ0) is 8.97. The summed E-state index contributed by atoms with van der Waals surface area (Å²) in [7, 11) is 0. The zero-order valence-corrected chi connectivity index (χ0v) is 7.22. The van der Waals surface area contributed by atoms with Crippen molar-refractivity contribution in [3.63, 3.8) is 0 Å². The van der Waals surface area contributed by atoms with Crippen LogP contribution in [0.15, 0.2) is 0 Å². The first-order valence-electron chi connectivity index (χ1n) is 4.28. The summed E-state index contributed by atoms with van der Waals surface area (Å²) < 4.78 is 0. The van der Waals surface area contributed by atoms with Gasteiger partial charge in [-0.05, 0) is 6.42 Å². The van der Waals surface area contributed by atoms with Crippen molar-refractivity contribution < 1.29 is 9.59 Å².